The zero-order valence-corrected chi connectivity index (χ0v) is 13.8. The van der Waals surface area contributed by atoms with Crippen molar-refractivity contribution in [2.45, 2.75) is 20.3 Å². The second-order valence-electron chi connectivity index (χ2n) is 5.74. The third-order valence-corrected chi connectivity index (χ3v) is 4.36. The fourth-order valence-electron chi connectivity index (χ4n) is 3.01. The molecule has 1 aromatic heterocycles. The number of rotatable bonds is 4. The maximum atomic E-state index is 12.0. The van der Waals surface area contributed by atoms with Gasteiger partial charge in [-0.2, -0.15) is 0 Å². The van der Waals surface area contributed by atoms with E-state index in [1.807, 2.05) is 38.2 Å². The van der Waals surface area contributed by atoms with Gasteiger partial charge in [0, 0.05) is 23.6 Å². The molecule has 23 heavy (non-hydrogen) atoms. The summed E-state index contributed by atoms with van der Waals surface area (Å²) in [6.07, 6.45) is 0.892. The maximum Gasteiger partial charge on any atom is 0.338 e. The Morgan fingerprint density at radius 1 is 1.13 bits per heavy atom. The Hall–Kier alpha value is -2.55. The molecule has 0 bridgehead atoms. The van der Waals surface area contributed by atoms with Crippen molar-refractivity contribution in [1.29, 1.82) is 0 Å². The number of nitrogens with zero attached hydrogens (tertiary/aromatic N) is 1. The third kappa shape index (κ3) is 2.87. The van der Waals surface area contributed by atoms with Crippen molar-refractivity contribution >= 4 is 16.9 Å². The molecular formula is C20H21NO2. The molecule has 3 aromatic rings. The topological polar surface area (TPSA) is 31.2 Å². The molecule has 0 atom stereocenters. The fourth-order valence-corrected chi connectivity index (χ4v) is 3.01. The van der Waals surface area contributed by atoms with E-state index in [9.17, 15) is 4.79 Å². The van der Waals surface area contributed by atoms with Crippen molar-refractivity contribution in [1.82, 2.24) is 4.57 Å². The van der Waals surface area contributed by atoms with Crippen LogP contribution in [0, 0.1) is 6.92 Å². The molecule has 0 radical (unpaired) electrons. The normalized spacial score (nSPS) is 10.9. The molecule has 0 aliphatic carbocycles. The fraction of sp³-hybridized carbons (Fsp3) is 0.250. The Bertz CT molecular complexity index is 847. The lowest BCUT2D eigenvalue weighted by atomic mass is 10.0. The number of carbonyl (C=O) groups is 1. The molecule has 3 rings (SSSR count). The maximum absolute atomic E-state index is 12.0. The number of hydrogen-bond donors (Lipinski definition) is 0. The molecular weight excluding hydrogens is 286 g/mol. The van der Waals surface area contributed by atoms with E-state index < -0.39 is 0 Å². The minimum atomic E-state index is -0.266. The van der Waals surface area contributed by atoms with Crippen LogP contribution in [0.4, 0.5) is 0 Å². The van der Waals surface area contributed by atoms with Crippen LogP contribution in [-0.4, -0.2) is 17.1 Å². The summed E-state index contributed by atoms with van der Waals surface area (Å²) in [5.41, 5.74) is 5.50. The minimum Gasteiger partial charge on any atom is -0.462 e. The van der Waals surface area contributed by atoms with Crippen molar-refractivity contribution in [3.8, 4) is 0 Å². The Morgan fingerprint density at radius 3 is 2.57 bits per heavy atom. The predicted molar refractivity (Wildman–Crippen MR) is 92.9 cm³/mol. The van der Waals surface area contributed by atoms with Crippen LogP contribution in [0.25, 0.3) is 10.9 Å². The second kappa shape index (κ2) is 6.29. The molecule has 0 saturated heterocycles. The molecule has 0 amide bonds. The van der Waals surface area contributed by atoms with Gasteiger partial charge in [-0.15, -0.1) is 0 Å². The molecule has 1 heterocycles. The lowest BCUT2D eigenvalue weighted by molar-refractivity contribution is 0.0526. The first-order chi connectivity index (χ1) is 11.1. The monoisotopic (exact) mass is 307 g/mol. The summed E-state index contributed by atoms with van der Waals surface area (Å²) in [7, 11) is 2.04. The first kappa shape index (κ1) is 15.3. The first-order valence-corrected chi connectivity index (χ1v) is 7.90. The molecule has 0 fully saturated rings. The van der Waals surface area contributed by atoms with Gasteiger partial charge in [-0.05, 0) is 43.5 Å². The summed E-state index contributed by atoms with van der Waals surface area (Å²) in [5, 5.41) is 1.20. The Morgan fingerprint density at radius 2 is 1.87 bits per heavy atom. The molecule has 0 spiro atoms. The van der Waals surface area contributed by atoms with E-state index in [0.717, 1.165) is 11.9 Å². The molecule has 0 unspecified atom stereocenters. The van der Waals surface area contributed by atoms with E-state index >= 15 is 0 Å². The smallest absolute Gasteiger partial charge is 0.338 e. The highest BCUT2D eigenvalue weighted by molar-refractivity contribution is 5.96. The van der Waals surface area contributed by atoms with Gasteiger partial charge in [0.25, 0.3) is 0 Å². The average Bonchev–Trinajstić information content (AvgIpc) is 2.81. The van der Waals surface area contributed by atoms with E-state index in [1.165, 1.54) is 22.2 Å². The van der Waals surface area contributed by atoms with Gasteiger partial charge in [0.05, 0.1) is 12.2 Å². The minimum absolute atomic E-state index is 0.266. The molecule has 3 nitrogen and oxygen atoms in total. The zero-order valence-electron chi connectivity index (χ0n) is 13.8. The van der Waals surface area contributed by atoms with Crippen LogP contribution in [0.5, 0.6) is 0 Å². The Balaban J connectivity index is 2.06. The molecule has 118 valence electrons. The van der Waals surface area contributed by atoms with E-state index in [-0.39, 0.29) is 5.97 Å². The highest BCUT2D eigenvalue weighted by atomic mass is 16.5. The Labute approximate surface area is 136 Å². The van der Waals surface area contributed by atoms with Gasteiger partial charge in [-0.3, -0.25) is 0 Å². The highest BCUT2D eigenvalue weighted by Gasteiger charge is 2.15. The van der Waals surface area contributed by atoms with E-state index in [2.05, 4.69) is 35.8 Å². The molecule has 0 aliphatic rings. The largest absolute Gasteiger partial charge is 0.462 e. The summed E-state index contributed by atoms with van der Waals surface area (Å²) >= 11 is 0. The summed E-state index contributed by atoms with van der Waals surface area (Å²) in [6.45, 7) is 4.34. The van der Waals surface area contributed by atoms with Crippen LogP contribution in [0.1, 0.15) is 34.1 Å². The standard InChI is InChI=1S/C20H21NO2/c1-4-23-20(22)16-10-11-17-18(12-15-8-6-5-7-9-15)14(2)21(3)19(17)13-16/h5-11,13H,4,12H2,1-3H3. The van der Waals surface area contributed by atoms with Crippen LogP contribution in [-0.2, 0) is 18.2 Å². The third-order valence-electron chi connectivity index (χ3n) is 4.36. The van der Waals surface area contributed by atoms with Crippen molar-refractivity contribution < 1.29 is 9.53 Å². The number of aromatic nitrogens is 1. The molecule has 2 aromatic carbocycles. The first-order valence-electron chi connectivity index (χ1n) is 7.90. The summed E-state index contributed by atoms with van der Waals surface area (Å²) < 4.78 is 7.25. The van der Waals surface area contributed by atoms with Crippen LogP contribution in [0.15, 0.2) is 48.5 Å². The molecule has 3 heteroatoms. The highest BCUT2D eigenvalue weighted by Crippen LogP contribution is 2.28. The molecule has 0 aliphatic heterocycles. The number of esters is 1. The number of carbonyl (C=O) groups excluding carboxylic acids is 1. The van der Waals surface area contributed by atoms with E-state index in [4.69, 9.17) is 4.74 Å². The lowest BCUT2D eigenvalue weighted by Crippen LogP contribution is -2.04. The van der Waals surface area contributed by atoms with Crippen LogP contribution < -0.4 is 0 Å². The van der Waals surface area contributed by atoms with Crippen molar-refractivity contribution in [2.75, 3.05) is 6.61 Å². The van der Waals surface area contributed by atoms with Gasteiger partial charge >= 0.3 is 5.97 Å². The van der Waals surface area contributed by atoms with Gasteiger partial charge in [0.2, 0.25) is 0 Å². The van der Waals surface area contributed by atoms with Gasteiger partial charge in [0.1, 0.15) is 0 Å². The number of ether oxygens (including phenoxy) is 1. The van der Waals surface area contributed by atoms with E-state index in [0.29, 0.717) is 12.2 Å². The number of benzene rings is 2. The predicted octanol–water partition coefficient (Wildman–Crippen LogP) is 4.25. The Kier molecular flexibility index (Phi) is 4.20. The zero-order chi connectivity index (χ0) is 16.4. The second-order valence-corrected chi connectivity index (χ2v) is 5.74. The van der Waals surface area contributed by atoms with Crippen molar-refractivity contribution in [2.24, 2.45) is 7.05 Å². The van der Waals surface area contributed by atoms with Gasteiger partial charge in [-0.1, -0.05) is 36.4 Å². The van der Waals surface area contributed by atoms with Crippen LogP contribution >= 0.6 is 0 Å². The van der Waals surface area contributed by atoms with E-state index in [1.54, 1.807) is 0 Å². The molecule has 0 N–H and O–H groups in total. The van der Waals surface area contributed by atoms with Gasteiger partial charge < -0.3 is 9.30 Å². The lowest BCUT2D eigenvalue weighted by Gasteiger charge is -2.04. The van der Waals surface area contributed by atoms with Gasteiger partial charge in [0.15, 0.2) is 0 Å². The molecule has 0 saturated carbocycles. The van der Waals surface area contributed by atoms with Gasteiger partial charge in [-0.25, -0.2) is 4.79 Å². The number of aryl methyl sites for hydroxylation is 1. The summed E-state index contributed by atoms with van der Waals surface area (Å²) in [6, 6.07) is 16.3. The van der Waals surface area contributed by atoms with Crippen LogP contribution in [0.2, 0.25) is 0 Å². The van der Waals surface area contributed by atoms with Crippen LogP contribution in [0.3, 0.4) is 0 Å². The summed E-state index contributed by atoms with van der Waals surface area (Å²) in [4.78, 5) is 12.0. The average molecular weight is 307 g/mol. The van der Waals surface area contributed by atoms with Crippen molar-refractivity contribution in [3.05, 3.63) is 70.9 Å². The quantitative estimate of drug-likeness (QED) is 0.675. The number of hydrogen-bond acceptors (Lipinski definition) is 2. The summed E-state index contributed by atoms with van der Waals surface area (Å²) in [5.74, 6) is -0.266. The van der Waals surface area contributed by atoms with Crippen molar-refractivity contribution in [3.63, 3.8) is 0 Å². The SMILES string of the molecule is CCOC(=O)c1ccc2c(Cc3ccccc3)c(C)n(C)c2c1. The number of fused-ring (bicyclic) bond motifs is 1.